The van der Waals surface area contributed by atoms with Crippen LogP contribution in [-0.4, -0.2) is 60.2 Å². The first-order chi connectivity index (χ1) is 15.0. The van der Waals surface area contributed by atoms with Crippen LogP contribution in [0.3, 0.4) is 0 Å². The fourth-order valence-electron chi connectivity index (χ4n) is 3.58. The minimum atomic E-state index is -0.104. The van der Waals surface area contributed by atoms with Crippen LogP contribution in [0.4, 0.5) is 11.6 Å². The second-order valence-electron chi connectivity index (χ2n) is 7.11. The van der Waals surface area contributed by atoms with Crippen LogP contribution in [0.25, 0.3) is 22.2 Å². The smallest absolute Gasteiger partial charge is 0.294 e. The predicted octanol–water partition coefficient (Wildman–Crippen LogP) is 2.11. The molecule has 0 amide bonds. The van der Waals surface area contributed by atoms with Crippen LogP contribution in [-0.2, 0) is 9.53 Å². The number of aliphatic imine (C=N–C) groups is 1. The van der Waals surface area contributed by atoms with E-state index in [9.17, 15) is 4.79 Å². The molecule has 0 aliphatic carbocycles. The summed E-state index contributed by atoms with van der Waals surface area (Å²) < 4.78 is 4.84. The van der Waals surface area contributed by atoms with Crippen LogP contribution in [0.2, 0.25) is 5.02 Å². The van der Waals surface area contributed by atoms with Crippen molar-refractivity contribution in [3.05, 3.63) is 47.5 Å². The van der Waals surface area contributed by atoms with Gasteiger partial charge in [0.15, 0.2) is 5.96 Å². The van der Waals surface area contributed by atoms with Gasteiger partial charge in [0, 0.05) is 47.8 Å². The van der Waals surface area contributed by atoms with Gasteiger partial charge in [-0.05, 0) is 30.3 Å². The largest absolute Gasteiger partial charge is 0.452 e. The first-order valence-electron chi connectivity index (χ1n) is 9.73. The topological polar surface area (TPSA) is 123 Å². The Balaban J connectivity index is 1.61. The highest BCUT2D eigenvalue weighted by atomic mass is 35.5. The van der Waals surface area contributed by atoms with Crippen molar-refractivity contribution in [1.29, 1.82) is 0 Å². The van der Waals surface area contributed by atoms with Crippen LogP contribution in [0, 0.1) is 0 Å². The molecule has 10 heteroatoms. The minimum Gasteiger partial charge on any atom is -0.452 e. The number of carbonyl (C=O) groups excluding carboxylic acids is 1. The number of fused-ring (bicyclic) bond motifs is 1. The number of aromatic nitrogens is 2. The normalized spacial score (nSPS) is 14.4. The molecule has 0 radical (unpaired) electrons. The molecule has 31 heavy (non-hydrogen) atoms. The Labute approximate surface area is 184 Å². The molecule has 0 bridgehead atoms. The number of anilines is 1. The van der Waals surface area contributed by atoms with Gasteiger partial charge in [0.25, 0.3) is 12.4 Å². The number of halogens is 1. The van der Waals surface area contributed by atoms with E-state index in [0.29, 0.717) is 29.4 Å². The van der Waals surface area contributed by atoms with Crippen LogP contribution in [0.15, 0.2) is 47.5 Å². The zero-order valence-electron chi connectivity index (χ0n) is 16.7. The maximum Gasteiger partial charge on any atom is 0.294 e. The molecule has 9 nitrogen and oxygen atoms in total. The van der Waals surface area contributed by atoms with Gasteiger partial charge < -0.3 is 21.1 Å². The maximum absolute atomic E-state index is 10.4. The molecule has 1 aromatic heterocycles. The molecule has 0 atom stereocenters. The molecule has 1 fully saturated rings. The quantitative estimate of drug-likeness (QED) is 0.340. The standard InChI is InChI=1S/C21H22ClN7O2/c22-15-3-6-18-17(11-15)19(26-21(25-18)27-20(23)24)14-1-4-16(5-2-14)29-9-7-28(8-10-29)12-31-13-30/h1-6,11,13H,7-10,12H2,(H4,23,24,25,26,27). The van der Waals surface area contributed by atoms with Crippen LogP contribution in [0.5, 0.6) is 0 Å². The van der Waals surface area contributed by atoms with E-state index in [0.717, 1.165) is 42.8 Å². The van der Waals surface area contributed by atoms with E-state index in [-0.39, 0.29) is 11.9 Å². The van der Waals surface area contributed by atoms with Gasteiger partial charge in [0.05, 0.1) is 11.2 Å². The van der Waals surface area contributed by atoms with Gasteiger partial charge in [-0.25, -0.2) is 9.97 Å². The van der Waals surface area contributed by atoms with Crippen molar-refractivity contribution in [2.75, 3.05) is 37.8 Å². The maximum atomic E-state index is 10.4. The summed E-state index contributed by atoms with van der Waals surface area (Å²) in [6.07, 6.45) is 0. The molecular weight excluding hydrogens is 418 g/mol. The number of benzene rings is 2. The van der Waals surface area contributed by atoms with Crippen molar-refractivity contribution >= 4 is 46.6 Å². The molecule has 4 N–H and O–H groups in total. The van der Waals surface area contributed by atoms with Gasteiger partial charge >= 0.3 is 0 Å². The number of guanidine groups is 1. The highest BCUT2D eigenvalue weighted by Gasteiger charge is 2.18. The third kappa shape index (κ3) is 4.84. The van der Waals surface area contributed by atoms with E-state index in [2.05, 4.69) is 36.9 Å². The average molecular weight is 440 g/mol. The van der Waals surface area contributed by atoms with E-state index in [4.69, 9.17) is 27.8 Å². The van der Waals surface area contributed by atoms with Crippen LogP contribution < -0.4 is 16.4 Å². The van der Waals surface area contributed by atoms with Crippen molar-refractivity contribution in [2.24, 2.45) is 16.5 Å². The summed E-state index contributed by atoms with van der Waals surface area (Å²) >= 11 is 6.21. The molecule has 0 unspecified atom stereocenters. The van der Waals surface area contributed by atoms with E-state index >= 15 is 0 Å². The summed E-state index contributed by atoms with van der Waals surface area (Å²) in [5.41, 5.74) is 14.4. The number of hydrogen-bond acceptors (Lipinski definition) is 7. The number of ether oxygens (including phenoxy) is 1. The van der Waals surface area contributed by atoms with Crippen molar-refractivity contribution in [3.63, 3.8) is 0 Å². The third-order valence-electron chi connectivity index (χ3n) is 5.08. The lowest BCUT2D eigenvalue weighted by molar-refractivity contribution is -0.133. The third-order valence-corrected chi connectivity index (χ3v) is 5.31. The van der Waals surface area contributed by atoms with Crippen molar-refractivity contribution in [2.45, 2.75) is 0 Å². The summed E-state index contributed by atoms with van der Waals surface area (Å²) in [5, 5.41) is 1.42. The van der Waals surface area contributed by atoms with E-state index < -0.39 is 0 Å². The SMILES string of the molecule is NC(N)=Nc1nc(-c2ccc(N3CCN(COC=O)CC3)cc2)c2cc(Cl)ccc2n1. The average Bonchev–Trinajstić information content (AvgIpc) is 2.77. The van der Waals surface area contributed by atoms with Gasteiger partial charge in [0.2, 0.25) is 0 Å². The van der Waals surface area contributed by atoms with Crippen molar-refractivity contribution < 1.29 is 9.53 Å². The Bertz CT molecular complexity index is 1110. The molecular formula is C21H22ClN7O2. The van der Waals surface area contributed by atoms with Crippen LogP contribution in [0.1, 0.15) is 0 Å². The number of piperazine rings is 1. The molecule has 1 aliphatic rings. The molecule has 1 aliphatic heterocycles. The minimum absolute atomic E-state index is 0.104. The molecule has 3 aromatic rings. The lowest BCUT2D eigenvalue weighted by atomic mass is 10.1. The molecule has 4 rings (SSSR count). The number of nitrogens with zero attached hydrogens (tertiary/aromatic N) is 5. The predicted molar refractivity (Wildman–Crippen MR) is 121 cm³/mol. The molecule has 0 saturated carbocycles. The Morgan fingerprint density at radius 3 is 2.52 bits per heavy atom. The van der Waals surface area contributed by atoms with Gasteiger partial charge in [0.1, 0.15) is 6.73 Å². The summed E-state index contributed by atoms with van der Waals surface area (Å²) in [6, 6.07) is 13.6. The number of carbonyl (C=O) groups is 1. The first kappa shape index (κ1) is 20.8. The number of hydrogen-bond donors (Lipinski definition) is 2. The number of rotatable bonds is 6. The fraction of sp³-hybridized carbons (Fsp3) is 0.238. The number of nitrogens with two attached hydrogens (primary N) is 2. The van der Waals surface area contributed by atoms with Gasteiger partial charge in [-0.1, -0.05) is 23.7 Å². The molecule has 1 saturated heterocycles. The Hall–Kier alpha value is -3.43. The fourth-order valence-corrected chi connectivity index (χ4v) is 3.75. The van der Waals surface area contributed by atoms with E-state index in [1.165, 1.54) is 0 Å². The lowest BCUT2D eigenvalue weighted by Crippen LogP contribution is -2.47. The van der Waals surface area contributed by atoms with Crippen molar-refractivity contribution in [1.82, 2.24) is 14.9 Å². The zero-order valence-corrected chi connectivity index (χ0v) is 17.5. The van der Waals surface area contributed by atoms with Crippen LogP contribution >= 0.6 is 11.6 Å². The van der Waals surface area contributed by atoms with E-state index in [1.54, 1.807) is 6.07 Å². The van der Waals surface area contributed by atoms with Crippen molar-refractivity contribution in [3.8, 4) is 11.3 Å². The molecule has 2 heterocycles. The summed E-state index contributed by atoms with van der Waals surface area (Å²) in [6.45, 7) is 4.16. The molecule has 0 spiro atoms. The lowest BCUT2D eigenvalue weighted by Gasteiger charge is -2.35. The Morgan fingerprint density at radius 1 is 1.10 bits per heavy atom. The second kappa shape index (κ2) is 9.15. The second-order valence-corrected chi connectivity index (χ2v) is 7.55. The summed E-state index contributed by atoms with van der Waals surface area (Å²) in [4.78, 5) is 27.7. The highest BCUT2D eigenvalue weighted by Crippen LogP contribution is 2.31. The van der Waals surface area contributed by atoms with E-state index in [1.807, 2.05) is 24.3 Å². The van der Waals surface area contributed by atoms with Gasteiger partial charge in [-0.3, -0.25) is 9.69 Å². The highest BCUT2D eigenvalue weighted by molar-refractivity contribution is 6.31. The summed E-state index contributed by atoms with van der Waals surface area (Å²) in [7, 11) is 0. The molecule has 160 valence electrons. The monoisotopic (exact) mass is 439 g/mol. The summed E-state index contributed by atoms with van der Waals surface area (Å²) in [5.74, 6) is 0.0925. The van der Waals surface area contributed by atoms with Gasteiger partial charge in [-0.2, -0.15) is 4.99 Å². The van der Waals surface area contributed by atoms with Gasteiger partial charge in [-0.15, -0.1) is 0 Å². The first-order valence-corrected chi connectivity index (χ1v) is 10.1. The molecule has 2 aromatic carbocycles. The Morgan fingerprint density at radius 2 is 1.84 bits per heavy atom. The Kier molecular flexibility index (Phi) is 6.15. The zero-order chi connectivity index (χ0) is 21.8.